The van der Waals surface area contributed by atoms with Crippen LogP contribution in [0.15, 0.2) is 11.6 Å². The first-order valence-electron chi connectivity index (χ1n) is 15.4. The summed E-state index contributed by atoms with van der Waals surface area (Å²) >= 11 is 0. The Morgan fingerprint density at radius 1 is 0.708 bits per heavy atom. The van der Waals surface area contributed by atoms with E-state index >= 15 is 0 Å². The van der Waals surface area contributed by atoms with Crippen LogP contribution in [0.2, 0.25) is 0 Å². The van der Waals surface area contributed by atoms with Gasteiger partial charge in [-0.3, -0.25) is 9.68 Å². The Morgan fingerprint density at radius 3 is 1.29 bits per heavy atom. The summed E-state index contributed by atoms with van der Waals surface area (Å²) in [5.74, 6) is 0.620. The lowest BCUT2D eigenvalue weighted by Gasteiger charge is -2.40. The molecule has 0 aromatic heterocycles. The normalized spacial score (nSPS) is 24.2. The van der Waals surface area contributed by atoms with Crippen molar-refractivity contribution in [3.63, 3.8) is 0 Å². The molecule has 0 aromatic rings. The molecule has 0 radical (unpaired) electrons. The topological polar surface area (TPSA) is 51.0 Å². The lowest BCUT2D eigenvalue weighted by molar-refractivity contribution is -0.423. The van der Waals surface area contributed by atoms with Crippen molar-refractivity contribution in [2.45, 2.75) is 232 Å². The van der Waals surface area contributed by atoms with E-state index in [1.807, 2.05) is 24.2 Å². The minimum absolute atomic E-state index is 0. The summed E-state index contributed by atoms with van der Waals surface area (Å²) in [5.41, 5.74) is 2.91. The highest BCUT2D eigenvalue weighted by Crippen LogP contribution is 2.49. The molecule has 2 aliphatic rings. The number of nitrogens with zero attached hydrogens (tertiary/aromatic N) is 3. The van der Waals surface area contributed by atoms with Crippen LogP contribution in [0.5, 0.6) is 0 Å². The molecule has 2 fully saturated rings. The van der Waals surface area contributed by atoms with Crippen molar-refractivity contribution in [1.82, 2.24) is 10.1 Å². The van der Waals surface area contributed by atoms with Gasteiger partial charge in [0.2, 0.25) is 0 Å². The van der Waals surface area contributed by atoms with Gasteiger partial charge in [0, 0.05) is 50.4 Å². The molecule has 0 saturated carbocycles. The second-order valence-electron chi connectivity index (χ2n) is 13.0. The molecular weight excluding hydrogens is 594 g/mol. The Morgan fingerprint density at radius 2 is 1.10 bits per heavy atom. The zero-order valence-electron chi connectivity index (χ0n) is 29.5. The molecule has 2 heterocycles. The second-order valence-corrected chi connectivity index (χ2v) is 13.0. The van der Waals surface area contributed by atoms with Gasteiger partial charge < -0.3 is 5.21 Å². The summed E-state index contributed by atoms with van der Waals surface area (Å²) in [6.45, 7) is 32.6. The van der Waals surface area contributed by atoms with Crippen LogP contribution in [0.3, 0.4) is 0 Å². The standard InChI is InChI=1S/2C11H23NO.C7H14.C4H9NO.9CH4/c1-7-9-11(5,8-2)10(3,4)12(6)13-9;1-7-9-10(3,4)12(6)13-11(9,5)8-2;1-4-6-7(3)5-2;1-4(2)5(3)6;;;;;;;;;/h2*9H,7-8H2,1-6H3;6H,4-5H2,1-3H3;1-3H3;9*1H4/b;;7-6-;;;;;;;;;;. The van der Waals surface area contributed by atoms with Crippen molar-refractivity contribution in [2.24, 2.45) is 11.3 Å². The molecule has 2 saturated heterocycles. The third-order valence-electron chi connectivity index (χ3n) is 9.88. The molecule has 4 unspecified atom stereocenters. The Kier molecular flexibility index (Phi) is 53.1. The quantitative estimate of drug-likeness (QED) is 0.0908. The van der Waals surface area contributed by atoms with E-state index in [-0.39, 0.29) is 88.9 Å². The van der Waals surface area contributed by atoms with E-state index in [1.54, 1.807) is 13.8 Å². The molecular formula is C42H105N3O3. The largest absolute Gasteiger partial charge is 0.624 e. The monoisotopic (exact) mass is 700 g/mol. The van der Waals surface area contributed by atoms with Crippen LogP contribution in [0, 0.1) is 16.5 Å². The van der Waals surface area contributed by atoms with E-state index in [0.29, 0.717) is 12.0 Å². The van der Waals surface area contributed by atoms with Gasteiger partial charge in [-0.15, -0.1) is 0 Å². The third-order valence-corrected chi connectivity index (χ3v) is 9.88. The lowest BCUT2D eigenvalue weighted by atomic mass is 9.67. The highest BCUT2D eigenvalue weighted by Gasteiger charge is 2.55. The Labute approximate surface area is 311 Å². The van der Waals surface area contributed by atoms with Gasteiger partial charge in [0.15, 0.2) is 5.71 Å². The van der Waals surface area contributed by atoms with Crippen LogP contribution in [0.1, 0.15) is 209 Å². The van der Waals surface area contributed by atoms with Crippen molar-refractivity contribution >= 4 is 5.71 Å². The van der Waals surface area contributed by atoms with Crippen molar-refractivity contribution < 1.29 is 14.4 Å². The lowest BCUT2D eigenvalue weighted by Crippen LogP contribution is -2.47. The zero-order chi connectivity index (χ0) is 31.4. The van der Waals surface area contributed by atoms with Crippen LogP contribution >= 0.6 is 0 Å². The summed E-state index contributed by atoms with van der Waals surface area (Å²) < 4.78 is 0.833. The molecule has 6 nitrogen and oxygen atoms in total. The van der Waals surface area contributed by atoms with Crippen molar-refractivity contribution in [3.05, 3.63) is 16.9 Å². The van der Waals surface area contributed by atoms with Gasteiger partial charge in [0.25, 0.3) is 0 Å². The third kappa shape index (κ3) is 20.0. The SMILES string of the molecule is C.C.C.C.C.C.C.C.C.CC(C)=[N+](C)[O-].CC/C=C(/C)CC.CCC1C(C)(CC)ON(C)C1(C)C.CCC1ON(C)C(C)(C)C1(C)CC. The molecule has 0 spiro atoms. The van der Waals surface area contributed by atoms with Crippen LogP contribution < -0.4 is 0 Å². The van der Waals surface area contributed by atoms with E-state index in [9.17, 15) is 5.21 Å². The predicted octanol–water partition coefficient (Wildman–Crippen LogP) is 14.8. The fourth-order valence-corrected chi connectivity index (χ4v) is 5.57. The Bertz CT molecular complexity index is 745. The number of rotatable bonds is 6. The van der Waals surface area contributed by atoms with Gasteiger partial charge in [-0.25, -0.2) is 4.74 Å². The molecule has 4 atom stereocenters. The van der Waals surface area contributed by atoms with Crippen molar-refractivity contribution in [3.8, 4) is 0 Å². The van der Waals surface area contributed by atoms with E-state index < -0.39 is 0 Å². The van der Waals surface area contributed by atoms with Crippen LogP contribution in [0.25, 0.3) is 0 Å². The van der Waals surface area contributed by atoms with Gasteiger partial charge in [0.05, 0.1) is 11.7 Å². The number of hydrogen-bond acceptors (Lipinski definition) is 5. The minimum atomic E-state index is 0. The van der Waals surface area contributed by atoms with Crippen LogP contribution in [-0.2, 0) is 9.68 Å². The average Bonchev–Trinajstić information content (AvgIpc) is 3.16. The maximum atomic E-state index is 10.0. The van der Waals surface area contributed by atoms with Gasteiger partial charge >= 0.3 is 0 Å². The molecule has 2 rings (SSSR count). The molecule has 2 aliphatic heterocycles. The summed E-state index contributed by atoms with van der Waals surface area (Å²) in [5, 5.41) is 14.1. The number of hydrogen-bond donors (Lipinski definition) is 0. The number of hydroxylamine groups is 5. The predicted molar refractivity (Wildman–Crippen MR) is 232 cm³/mol. The van der Waals surface area contributed by atoms with Crippen molar-refractivity contribution in [1.29, 1.82) is 0 Å². The Hall–Kier alpha value is -0.950. The summed E-state index contributed by atoms with van der Waals surface area (Å²) in [6.07, 6.45) is 9.55. The van der Waals surface area contributed by atoms with E-state index in [0.717, 1.165) is 23.3 Å². The maximum Gasteiger partial charge on any atom is 0.157 e. The maximum absolute atomic E-state index is 10.0. The fourth-order valence-electron chi connectivity index (χ4n) is 5.57. The van der Waals surface area contributed by atoms with Crippen molar-refractivity contribution in [2.75, 3.05) is 21.1 Å². The smallest absolute Gasteiger partial charge is 0.157 e. The van der Waals surface area contributed by atoms with Crippen LogP contribution in [0.4, 0.5) is 0 Å². The van der Waals surface area contributed by atoms with Gasteiger partial charge in [0.1, 0.15) is 7.05 Å². The minimum Gasteiger partial charge on any atom is -0.624 e. The molecule has 0 amide bonds. The first-order valence-corrected chi connectivity index (χ1v) is 15.4. The molecule has 6 heteroatoms. The van der Waals surface area contributed by atoms with Gasteiger partial charge in [-0.2, -0.15) is 10.1 Å². The second kappa shape index (κ2) is 33.2. The Balaban J connectivity index is -0.0000000415. The summed E-state index contributed by atoms with van der Waals surface area (Å²) in [6, 6.07) is 0. The van der Waals surface area contributed by atoms with Gasteiger partial charge in [-0.1, -0.05) is 127 Å². The van der Waals surface area contributed by atoms with Crippen LogP contribution in [-0.4, -0.2) is 64.5 Å². The van der Waals surface area contributed by atoms with Gasteiger partial charge in [-0.05, 0) is 80.1 Å². The highest BCUT2D eigenvalue weighted by molar-refractivity contribution is 5.73. The van der Waals surface area contributed by atoms with E-state index in [2.05, 4.69) is 96.1 Å². The first-order chi connectivity index (χ1) is 17.7. The average molecular weight is 700 g/mol. The molecule has 48 heavy (non-hydrogen) atoms. The molecule has 306 valence electrons. The highest BCUT2D eigenvalue weighted by atomic mass is 16.7. The summed E-state index contributed by atoms with van der Waals surface area (Å²) in [7, 11) is 5.57. The number of allylic oxidation sites excluding steroid dienone is 2. The molecule has 0 aliphatic carbocycles. The van der Waals surface area contributed by atoms with E-state index in [4.69, 9.17) is 9.68 Å². The molecule has 0 aromatic carbocycles. The molecule has 0 N–H and O–H groups in total. The molecule has 0 bridgehead atoms. The summed E-state index contributed by atoms with van der Waals surface area (Å²) in [4.78, 5) is 11.8. The fraction of sp³-hybridized carbons (Fsp3) is 0.929. The zero-order valence-corrected chi connectivity index (χ0v) is 29.5. The first kappa shape index (κ1) is 76.8. The van der Waals surface area contributed by atoms with E-state index in [1.165, 1.54) is 38.3 Å².